The molecule has 4 aromatic rings. The molecule has 2 aromatic heterocycles. The molecule has 4 fully saturated rings. The zero-order chi connectivity index (χ0) is 62.3. The van der Waals surface area contributed by atoms with Crippen LogP contribution < -0.4 is 53.2 Å². The van der Waals surface area contributed by atoms with E-state index in [0.29, 0.717) is 95.3 Å². The molecule has 4 heterocycles. The quantitative estimate of drug-likeness (QED) is 0.00944. The first-order chi connectivity index (χ1) is 41.8. The van der Waals surface area contributed by atoms with Gasteiger partial charge >= 0.3 is 15.2 Å². The second-order valence-electron chi connectivity index (χ2n) is 24.2. The summed E-state index contributed by atoms with van der Waals surface area (Å²) in [4.78, 5) is 45.1. The summed E-state index contributed by atoms with van der Waals surface area (Å²) < 4.78 is 34.8. The van der Waals surface area contributed by atoms with Gasteiger partial charge in [-0.05, 0) is 101 Å². The molecule has 4 aliphatic rings. The second kappa shape index (κ2) is 38.8. The van der Waals surface area contributed by atoms with Crippen LogP contribution in [-0.2, 0) is 44.4 Å². The van der Waals surface area contributed by atoms with Crippen LogP contribution in [-0.4, -0.2) is 175 Å². The van der Waals surface area contributed by atoms with E-state index in [0.717, 1.165) is 113 Å². The zero-order valence-electron chi connectivity index (χ0n) is 53.0. The number of nitrogens with two attached hydrogens (primary N) is 2. The van der Waals surface area contributed by atoms with Gasteiger partial charge in [-0.2, -0.15) is 19.9 Å². The van der Waals surface area contributed by atoms with Crippen molar-refractivity contribution in [2.45, 2.75) is 149 Å². The molecule has 22 nitrogen and oxygen atoms in total. The van der Waals surface area contributed by atoms with Crippen LogP contribution in [0.15, 0.2) is 60.7 Å². The summed E-state index contributed by atoms with van der Waals surface area (Å²) in [5.74, 6) is 3.44. The number of aromatic nitrogens is 4. The van der Waals surface area contributed by atoms with E-state index in [-0.39, 0.29) is 6.16 Å². The molecular weight excluding hydrogens is 1220 g/mol. The average molecular weight is 1330 g/mol. The lowest BCUT2D eigenvalue weighted by atomic mass is 9.95. The predicted molar refractivity (Wildman–Crippen MR) is 365 cm³/mol. The molecule has 0 atom stereocenters. The molecule has 8 rings (SSSR count). The van der Waals surface area contributed by atoms with Crippen LogP contribution in [0.25, 0.3) is 0 Å². The smallest absolute Gasteiger partial charge is 0.331 e. The first kappa shape index (κ1) is 72.2. The summed E-state index contributed by atoms with van der Waals surface area (Å²) >= 11 is 3.51. The minimum atomic E-state index is -3.97. The van der Waals surface area contributed by atoms with Gasteiger partial charge in [0.05, 0.1) is 25.5 Å². The summed E-state index contributed by atoms with van der Waals surface area (Å²) in [6.07, 6.45) is 16.3. The highest BCUT2D eigenvalue weighted by Gasteiger charge is 2.27. The van der Waals surface area contributed by atoms with Crippen molar-refractivity contribution < 1.29 is 28.0 Å². The number of hydrogen-bond donors (Lipinski definition) is 10. The van der Waals surface area contributed by atoms with E-state index in [2.05, 4.69) is 150 Å². The fourth-order valence-electron chi connectivity index (χ4n) is 10.9. The molecule has 0 spiro atoms. The first-order valence-electron chi connectivity index (χ1n) is 32.2. The van der Waals surface area contributed by atoms with Crippen molar-refractivity contribution in [1.82, 2.24) is 51.0 Å². The Labute approximate surface area is 529 Å². The predicted octanol–water partition coefficient (Wildman–Crippen LogP) is 9.05. The van der Waals surface area contributed by atoms with Gasteiger partial charge in [0.1, 0.15) is 30.0 Å². The number of hydrogen-bond acceptors (Lipinski definition) is 20. The van der Waals surface area contributed by atoms with Gasteiger partial charge in [-0.15, -0.1) is 15.3 Å². The summed E-state index contributed by atoms with van der Waals surface area (Å²) in [5, 5.41) is 21.2. The lowest BCUT2D eigenvalue weighted by molar-refractivity contribution is 0.209. The summed E-state index contributed by atoms with van der Waals surface area (Å²) in [5.41, 5.74) is 17.1. The molecule has 87 heavy (non-hydrogen) atoms. The average Bonchev–Trinajstić information content (AvgIpc) is 3.33. The Balaban J connectivity index is 0.000000259. The van der Waals surface area contributed by atoms with E-state index in [9.17, 15) is 9.13 Å². The minimum absolute atomic E-state index is 0.114. The van der Waals surface area contributed by atoms with Gasteiger partial charge in [0.15, 0.2) is 0 Å². The van der Waals surface area contributed by atoms with Crippen molar-refractivity contribution in [3.63, 3.8) is 0 Å². The van der Waals surface area contributed by atoms with Crippen LogP contribution in [0.5, 0.6) is 0 Å². The SMILES string of the molecule is CCOP(=O)(CCN1CCN(c2cc(N)nc(NCc3ccc(CNCCCNC4CCCCC4)cc3)n2)CC1)OCC.C[Si](C)(C)Br.Nc1cc(N2CCN(CCP(=O)(O)O)CC2)nc(NCc2ccc(CNCCCNC3CCCCC3)cc2)n1. The molecule has 2 saturated heterocycles. The third-order valence-corrected chi connectivity index (χ3v) is 18.5. The Morgan fingerprint density at radius 2 is 0.908 bits per heavy atom. The molecule has 0 radical (unpaired) electrons. The van der Waals surface area contributed by atoms with Crippen molar-refractivity contribution in [2.75, 3.05) is 149 Å². The lowest BCUT2D eigenvalue weighted by Crippen LogP contribution is -2.47. The molecule has 0 amide bonds. The van der Waals surface area contributed by atoms with Gasteiger partial charge in [-0.3, -0.25) is 18.9 Å². The van der Waals surface area contributed by atoms with Gasteiger partial charge < -0.3 is 72.0 Å². The highest BCUT2D eigenvalue weighted by atomic mass is 79.9. The van der Waals surface area contributed by atoms with Crippen molar-refractivity contribution >= 4 is 72.3 Å². The minimum Gasteiger partial charge on any atom is -0.383 e. The van der Waals surface area contributed by atoms with Crippen molar-refractivity contribution in [3.8, 4) is 0 Å². The monoisotopic (exact) mass is 1330 g/mol. The highest BCUT2D eigenvalue weighted by Crippen LogP contribution is 2.47. The van der Waals surface area contributed by atoms with E-state index in [4.69, 9.17) is 35.3 Å². The Morgan fingerprint density at radius 1 is 0.552 bits per heavy atom. The molecule has 0 unspecified atom stereocenters. The number of benzene rings is 2. The highest BCUT2D eigenvalue weighted by molar-refractivity contribution is 9.26. The number of nitrogen functional groups attached to an aromatic ring is 2. The summed E-state index contributed by atoms with van der Waals surface area (Å²) in [6.45, 7) is 24.8. The lowest BCUT2D eigenvalue weighted by Gasteiger charge is -2.35. The van der Waals surface area contributed by atoms with Gasteiger partial charge in [0.2, 0.25) is 11.9 Å². The number of anilines is 6. The van der Waals surface area contributed by atoms with Crippen molar-refractivity contribution in [1.29, 1.82) is 0 Å². The van der Waals surface area contributed by atoms with E-state index in [1.807, 2.05) is 19.9 Å². The molecule has 12 N–H and O–H groups in total. The van der Waals surface area contributed by atoms with E-state index < -0.39 is 21.9 Å². The molecule has 488 valence electrons. The van der Waals surface area contributed by atoms with Crippen LogP contribution in [0.3, 0.4) is 0 Å². The van der Waals surface area contributed by atoms with Crippen LogP contribution in [0.4, 0.5) is 35.2 Å². The van der Waals surface area contributed by atoms with Gasteiger partial charge in [-0.1, -0.05) is 107 Å². The Hall–Kier alpha value is -3.84. The molecule has 2 aliphatic heterocycles. The maximum Gasteiger partial charge on any atom is 0.331 e. The van der Waals surface area contributed by atoms with Crippen molar-refractivity contribution in [2.24, 2.45) is 0 Å². The summed E-state index contributed by atoms with van der Waals surface area (Å²) in [7, 11) is -7.00. The van der Waals surface area contributed by atoms with Gasteiger partial charge in [0.25, 0.3) is 0 Å². The number of nitrogens with zero attached hydrogens (tertiary/aromatic N) is 8. The maximum absolute atomic E-state index is 12.8. The standard InChI is InChI=1S/C31H53N8O3P.C27H45N8O3P.C3H9BrSi/c1-3-41-43(40,42-4-2)22-21-38-17-19-39(20-18-38)30-23-29(32)36-31(37-30)35-25-27-13-11-26(12-14-27)24-33-15-8-16-34-28-9-6-5-7-10-28;28-25-19-26(35-15-13-34(14-16-35)17-18-39(36,37)38)33-27(32-25)31-21-23-9-7-22(8-10-23)20-29-11-4-12-30-24-5-2-1-3-6-24;1-5(2,3)4/h11-14,23,28,33-34H,3-10,15-22,24-25H2,1-2H3,(H3,32,35,36,37);7-10,19,24,29-30H,1-6,11-18,20-21H2,(H2,36,37,38)(H3,28,31,32,33);1-3H3. The van der Waals surface area contributed by atoms with Crippen LogP contribution in [0.2, 0.25) is 19.6 Å². The number of nitrogens with one attached hydrogen (secondary N) is 6. The van der Waals surface area contributed by atoms with Crippen LogP contribution in [0.1, 0.15) is 113 Å². The third kappa shape index (κ3) is 30.2. The third-order valence-electron chi connectivity index (χ3n) is 15.6. The van der Waals surface area contributed by atoms with E-state index >= 15 is 0 Å². The molecule has 2 aliphatic carbocycles. The Kier molecular flexibility index (Phi) is 32.2. The topological polar surface area (TPSA) is 282 Å². The number of halogens is 1. The largest absolute Gasteiger partial charge is 0.383 e. The number of piperazine rings is 2. The van der Waals surface area contributed by atoms with Crippen LogP contribution in [0, 0.1) is 0 Å². The second-order valence-corrected chi connectivity index (χ2v) is 39.4. The molecule has 26 heteroatoms. The summed E-state index contributed by atoms with van der Waals surface area (Å²) in [6, 6.07) is 22.3. The van der Waals surface area contributed by atoms with Crippen molar-refractivity contribution in [3.05, 3.63) is 82.9 Å². The molecular formula is C61H107BrN16O6P2Si. The fourth-order valence-corrected chi connectivity index (χ4v) is 13.1. The maximum atomic E-state index is 12.8. The van der Waals surface area contributed by atoms with Gasteiger partial charge in [0, 0.05) is 116 Å². The van der Waals surface area contributed by atoms with Gasteiger partial charge in [-0.25, -0.2) is 0 Å². The first-order valence-corrected chi connectivity index (χ1v) is 41.5. The Bertz CT molecular complexity index is 2620. The number of rotatable bonds is 32. The van der Waals surface area contributed by atoms with E-state index in [1.54, 1.807) is 6.07 Å². The van der Waals surface area contributed by atoms with E-state index in [1.165, 1.54) is 75.3 Å². The normalized spacial score (nSPS) is 16.9. The fraction of sp³-hybridized carbons (Fsp3) is 0.672. The van der Waals surface area contributed by atoms with Crippen LogP contribution >= 0.6 is 30.5 Å². The molecule has 0 bridgehead atoms. The Morgan fingerprint density at radius 3 is 1.26 bits per heavy atom. The molecule has 2 aromatic carbocycles. The zero-order valence-corrected chi connectivity index (χ0v) is 57.4. The molecule has 2 saturated carbocycles.